The van der Waals surface area contributed by atoms with Gasteiger partial charge in [-0.2, -0.15) is 0 Å². The Bertz CT molecular complexity index is 578. The zero-order valence-electron chi connectivity index (χ0n) is 12.5. The van der Waals surface area contributed by atoms with Crippen molar-refractivity contribution in [2.75, 3.05) is 13.2 Å². The first-order valence-corrected chi connectivity index (χ1v) is 7.25. The van der Waals surface area contributed by atoms with E-state index in [4.69, 9.17) is 16.2 Å². The third kappa shape index (κ3) is 4.76. The molecule has 8 heteroatoms. The van der Waals surface area contributed by atoms with Gasteiger partial charge in [-0.25, -0.2) is 0 Å². The summed E-state index contributed by atoms with van der Waals surface area (Å²) in [6.45, 7) is 0.0857. The van der Waals surface area contributed by atoms with Gasteiger partial charge in [0, 0.05) is 6.54 Å². The molecule has 1 aromatic carbocycles. The maximum absolute atomic E-state index is 11.8. The van der Waals surface area contributed by atoms with Crippen LogP contribution in [0.2, 0.25) is 0 Å². The Labute approximate surface area is 133 Å². The summed E-state index contributed by atoms with van der Waals surface area (Å²) in [4.78, 5) is 34.2. The largest absolute Gasteiger partial charge is 0.370 e. The topological polar surface area (TPSA) is 137 Å². The molecule has 0 bridgehead atoms. The summed E-state index contributed by atoms with van der Waals surface area (Å²) in [5.41, 5.74) is 11.5. The number of benzene rings is 1. The summed E-state index contributed by atoms with van der Waals surface area (Å²) in [6.07, 6.45) is -0.657. The van der Waals surface area contributed by atoms with Crippen LogP contribution in [-0.4, -0.2) is 43.0 Å². The molecule has 3 atom stereocenters. The second-order valence-electron chi connectivity index (χ2n) is 5.33. The minimum absolute atomic E-state index is 0.0722. The zero-order chi connectivity index (χ0) is 16.8. The van der Waals surface area contributed by atoms with Gasteiger partial charge in [-0.15, -0.1) is 0 Å². The summed E-state index contributed by atoms with van der Waals surface area (Å²) in [6, 6.07) is 7.95. The molecule has 2 rings (SSSR count). The van der Waals surface area contributed by atoms with E-state index < -0.39 is 24.0 Å². The second kappa shape index (κ2) is 7.70. The van der Waals surface area contributed by atoms with Crippen LogP contribution in [0.4, 0.5) is 0 Å². The van der Waals surface area contributed by atoms with Gasteiger partial charge in [-0.05, 0) is 5.56 Å². The van der Waals surface area contributed by atoms with E-state index in [1.807, 2.05) is 30.3 Å². The number of nitrogens with one attached hydrogen (secondary N) is 2. The first-order valence-electron chi connectivity index (χ1n) is 7.25. The van der Waals surface area contributed by atoms with Gasteiger partial charge in [0.1, 0.15) is 6.61 Å². The molecular weight excluding hydrogens is 300 g/mol. The molecule has 0 spiro atoms. The first kappa shape index (κ1) is 16.9. The Hall–Kier alpha value is -2.45. The van der Waals surface area contributed by atoms with E-state index >= 15 is 0 Å². The number of nitrogens with two attached hydrogens (primary N) is 2. The maximum Gasteiger partial charge on any atom is 0.246 e. The number of primary amides is 1. The van der Waals surface area contributed by atoms with Crippen molar-refractivity contribution in [1.29, 1.82) is 0 Å². The average molecular weight is 320 g/mol. The van der Waals surface area contributed by atoms with Crippen LogP contribution >= 0.6 is 0 Å². The number of hydrogen-bond acceptors (Lipinski definition) is 5. The van der Waals surface area contributed by atoms with Crippen LogP contribution in [0.15, 0.2) is 30.3 Å². The number of ether oxygens (including phenoxy) is 1. The fraction of sp³-hybridized carbons (Fsp3) is 0.400. The normalized spacial score (nSPS) is 22.0. The molecule has 1 saturated heterocycles. The van der Waals surface area contributed by atoms with Gasteiger partial charge in [-0.1, -0.05) is 30.3 Å². The fourth-order valence-corrected chi connectivity index (χ4v) is 2.36. The highest BCUT2D eigenvalue weighted by atomic mass is 16.5. The number of rotatable bonds is 6. The summed E-state index contributed by atoms with van der Waals surface area (Å²) in [7, 11) is 0. The molecule has 1 aliphatic rings. The van der Waals surface area contributed by atoms with E-state index in [-0.39, 0.29) is 31.5 Å². The third-order valence-electron chi connectivity index (χ3n) is 3.51. The summed E-state index contributed by atoms with van der Waals surface area (Å²) in [5.74, 6) is -1.35. The van der Waals surface area contributed by atoms with Crippen molar-refractivity contribution in [2.24, 2.45) is 11.5 Å². The maximum atomic E-state index is 11.8. The van der Waals surface area contributed by atoms with Crippen LogP contribution in [0.25, 0.3) is 0 Å². The van der Waals surface area contributed by atoms with E-state index in [0.29, 0.717) is 0 Å². The summed E-state index contributed by atoms with van der Waals surface area (Å²) in [5, 5.41) is 5.47. The highest BCUT2D eigenvalue weighted by Gasteiger charge is 2.31. The van der Waals surface area contributed by atoms with Gasteiger partial charge in [0.2, 0.25) is 17.7 Å². The van der Waals surface area contributed by atoms with Crippen molar-refractivity contribution in [3.05, 3.63) is 35.9 Å². The Morgan fingerprint density at radius 3 is 2.70 bits per heavy atom. The molecule has 3 amide bonds. The second-order valence-corrected chi connectivity index (χ2v) is 5.33. The number of carbonyl (C=O) groups is 3. The molecule has 1 aromatic rings. The summed E-state index contributed by atoms with van der Waals surface area (Å²) >= 11 is 0. The molecule has 1 aliphatic heterocycles. The van der Waals surface area contributed by atoms with Gasteiger partial charge in [0.15, 0.2) is 0 Å². The molecule has 124 valence electrons. The number of carbonyl (C=O) groups excluding carboxylic acids is 3. The van der Waals surface area contributed by atoms with Crippen LogP contribution < -0.4 is 22.1 Å². The Balaban J connectivity index is 1.98. The van der Waals surface area contributed by atoms with E-state index in [1.54, 1.807) is 0 Å². The molecule has 23 heavy (non-hydrogen) atoms. The van der Waals surface area contributed by atoms with Crippen molar-refractivity contribution >= 4 is 17.7 Å². The quantitative estimate of drug-likeness (QED) is 0.509. The number of morpholine rings is 1. The lowest BCUT2D eigenvalue weighted by Gasteiger charge is -2.33. The molecule has 0 radical (unpaired) electrons. The van der Waals surface area contributed by atoms with Crippen LogP contribution in [0.5, 0.6) is 0 Å². The number of amides is 3. The molecule has 8 nitrogen and oxygen atoms in total. The van der Waals surface area contributed by atoms with Crippen LogP contribution in [0.1, 0.15) is 18.0 Å². The van der Waals surface area contributed by atoms with Crippen LogP contribution in [-0.2, 0) is 19.1 Å². The lowest BCUT2D eigenvalue weighted by molar-refractivity contribution is -0.137. The fourth-order valence-electron chi connectivity index (χ4n) is 2.36. The van der Waals surface area contributed by atoms with Gasteiger partial charge < -0.3 is 26.8 Å². The molecule has 1 fully saturated rings. The van der Waals surface area contributed by atoms with Crippen molar-refractivity contribution in [2.45, 2.75) is 24.6 Å². The molecule has 0 saturated carbocycles. The minimum atomic E-state index is -0.999. The lowest BCUT2D eigenvalue weighted by atomic mass is 9.99. The monoisotopic (exact) mass is 320 g/mol. The highest BCUT2D eigenvalue weighted by molar-refractivity contribution is 5.87. The lowest BCUT2D eigenvalue weighted by Crippen LogP contribution is -2.52. The van der Waals surface area contributed by atoms with E-state index in [0.717, 1.165) is 5.56 Å². The minimum Gasteiger partial charge on any atom is -0.370 e. The van der Waals surface area contributed by atoms with Gasteiger partial charge in [-0.3, -0.25) is 14.4 Å². The third-order valence-corrected chi connectivity index (χ3v) is 3.51. The average Bonchev–Trinajstić information content (AvgIpc) is 2.53. The summed E-state index contributed by atoms with van der Waals surface area (Å²) < 4.78 is 5.51. The van der Waals surface area contributed by atoms with Crippen molar-refractivity contribution in [1.82, 2.24) is 10.6 Å². The zero-order valence-corrected chi connectivity index (χ0v) is 12.5. The molecule has 0 aromatic heterocycles. The van der Waals surface area contributed by atoms with Crippen molar-refractivity contribution < 1.29 is 19.1 Å². The first-order chi connectivity index (χ1) is 11.0. The van der Waals surface area contributed by atoms with Gasteiger partial charge in [0.05, 0.1) is 24.6 Å². The molecule has 1 heterocycles. The van der Waals surface area contributed by atoms with Gasteiger partial charge >= 0.3 is 0 Å². The van der Waals surface area contributed by atoms with Crippen LogP contribution in [0, 0.1) is 0 Å². The van der Waals surface area contributed by atoms with Gasteiger partial charge in [0.25, 0.3) is 0 Å². The number of hydrogen-bond donors (Lipinski definition) is 4. The predicted molar refractivity (Wildman–Crippen MR) is 81.9 cm³/mol. The molecular formula is C15H20N4O4. The Morgan fingerprint density at radius 1 is 1.35 bits per heavy atom. The van der Waals surface area contributed by atoms with Crippen LogP contribution in [0.3, 0.4) is 0 Å². The van der Waals surface area contributed by atoms with E-state index in [1.165, 1.54) is 0 Å². The highest BCUT2D eigenvalue weighted by Crippen LogP contribution is 2.21. The predicted octanol–water partition coefficient (Wildman–Crippen LogP) is -1.44. The molecule has 0 unspecified atom stereocenters. The molecule has 0 aliphatic carbocycles. The van der Waals surface area contributed by atoms with E-state index in [2.05, 4.69) is 10.6 Å². The Morgan fingerprint density at radius 2 is 2.04 bits per heavy atom. The smallest absolute Gasteiger partial charge is 0.246 e. The Kier molecular flexibility index (Phi) is 5.67. The van der Waals surface area contributed by atoms with Crippen molar-refractivity contribution in [3.8, 4) is 0 Å². The SMILES string of the molecule is NC(=O)C[C@H](N)C(=O)NC[C@@H]1OCC(=O)N[C@@H]1c1ccccc1. The van der Waals surface area contributed by atoms with Crippen molar-refractivity contribution in [3.63, 3.8) is 0 Å². The standard InChI is InChI=1S/C15H20N4O4/c16-10(6-12(17)20)15(22)18-7-11-14(19-13(21)8-23-11)9-4-2-1-3-5-9/h1-5,10-11,14H,6-8,16H2,(H2,17,20)(H,18,22)(H,19,21)/t10-,11-,14+/m0/s1. The van der Waals surface area contributed by atoms with E-state index in [9.17, 15) is 14.4 Å². The molecule has 6 N–H and O–H groups in total.